The Hall–Kier alpha value is -2.62. The summed E-state index contributed by atoms with van der Waals surface area (Å²) in [7, 11) is 1.75. The summed E-state index contributed by atoms with van der Waals surface area (Å²) in [6.07, 6.45) is 2.31. The van der Waals surface area contributed by atoms with Gasteiger partial charge in [0.25, 0.3) is 12.0 Å². The number of fused-ring (bicyclic) bond motifs is 1. The maximum absolute atomic E-state index is 12.3. The first-order valence-electron chi connectivity index (χ1n) is 9.01. The molecule has 1 aliphatic heterocycles. The van der Waals surface area contributed by atoms with Crippen LogP contribution in [0.25, 0.3) is 15.9 Å². The second-order valence-electron chi connectivity index (χ2n) is 5.75. The Labute approximate surface area is 138 Å². The van der Waals surface area contributed by atoms with Gasteiger partial charge in [0.15, 0.2) is 6.30 Å². The number of amides is 1. The molecule has 1 fully saturated rings. The molecule has 3 rings (SSSR count). The standard InChI is InChI=1S/C16H20N6O/c1-11-5-7-22(14(23)8-17-2)9-13(11)21(3)16-12-4-6-18-15(12)19-10-20-16/h4,6,10-11,13H,5,7-9H2,1,3H3,(H,18,19,20)/p+1/t11-,13+/m1/s1/i9D2,10D. The van der Waals surface area contributed by atoms with E-state index >= 15 is 0 Å². The molecule has 7 heteroatoms. The molecule has 0 saturated carbocycles. The first-order valence-corrected chi connectivity index (χ1v) is 7.51. The van der Waals surface area contributed by atoms with Crippen LogP contribution in [0.3, 0.4) is 0 Å². The zero-order valence-corrected chi connectivity index (χ0v) is 13.1. The summed E-state index contributed by atoms with van der Waals surface area (Å²) >= 11 is 0. The molecule has 1 amide bonds. The van der Waals surface area contributed by atoms with Gasteiger partial charge < -0.3 is 14.7 Å². The number of carbonyl (C=O) groups is 1. The van der Waals surface area contributed by atoms with Crippen LogP contribution in [0.15, 0.2) is 18.6 Å². The van der Waals surface area contributed by atoms with E-state index in [1.54, 1.807) is 17.8 Å². The minimum absolute atomic E-state index is 0.0308. The highest BCUT2D eigenvalue weighted by molar-refractivity contribution is 5.79. The number of nitrogens with one attached hydrogen (secondary N) is 2. The fourth-order valence-electron chi connectivity index (χ4n) is 2.93. The number of piperidine rings is 1. The molecule has 0 bridgehead atoms. The lowest BCUT2D eigenvalue weighted by molar-refractivity contribution is -0.131. The summed E-state index contributed by atoms with van der Waals surface area (Å²) in [4.78, 5) is 26.5. The Morgan fingerprint density at radius 1 is 1.70 bits per heavy atom. The summed E-state index contributed by atoms with van der Waals surface area (Å²) in [5.74, 6) is -0.529. The molecule has 0 unspecified atom stereocenters. The first kappa shape index (κ1) is 11.9. The molecule has 2 aromatic rings. The second-order valence-corrected chi connectivity index (χ2v) is 5.75. The monoisotopic (exact) mass is 316 g/mol. The van der Waals surface area contributed by atoms with Gasteiger partial charge in [0.1, 0.15) is 18.4 Å². The van der Waals surface area contributed by atoms with Gasteiger partial charge in [0.05, 0.1) is 16.3 Å². The minimum atomic E-state index is -1.95. The van der Waals surface area contributed by atoms with Gasteiger partial charge in [-0.3, -0.25) is 9.37 Å². The number of aromatic nitrogens is 3. The molecule has 23 heavy (non-hydrogen) atoms. The molecule has 0 radical (unpaired) electrons. The third kappa shape index (κ3) is 2.84. The number of rotatable bonds is 2. The van der Waals surface area contributed by atoms with Crippen molar-refractivity contribution in [3.05, 3.63) is 35.5 Å². The highest BCUT2D eigenvalue weighted by Crippen LogP contribution is 2.18. The third-order valence-corrected chi connectivity index (χ3v) is 4.24. The van der Waals surface area contributed by atoms with Crippen LogP contribution in [-0.2, 0) is 4.79 Å². The molecule has 1 saturated heterocycles. The van der Waals surface area contributed by atoms with E-state index in [0.717, 1.165) is 5.39 Å². The Morgan fingerprint density at radius 2 is 2.52 bits per heavy atom. The summed E-state index contributed by atoms with van der Waals surface area (Å²) < 4.78 is 26.9. The molecule has 2 atom stereocenters. The molecular formula is C16H21N6O+. The Balaban J connectivity index is 2.17. The topological polar surface area (TPSA) is 72.2 Å². The predicted molar refractivity (Wildman–Crippen MR) is 87.3 cm³/mol. The summed E-state index contributed by atoms with van der Waals surface area (Å²) in [5.41, 5.74) is 1.11. The Kier molecular flexibility index (Phi) is 3.23. The van der Waals surface area contributed by atoms with Gasteiger partial charge in [-0.1, -0.05) is 6.92 Å². The predicted octanol–water partition coefficient (Wildman–Crippen LogP) is 0.449. The van der Waals surface area contributed by atoms with Crippen LogP contribution in [0.1, 0.15) is 17.5 Å². The highest BCUT2D eigenvalue weighted by Gasteiger charge is 2.33. The fraction of sp³-hybridized carbons (Fsp3) is 0.500. The Bertz CT molecular complexity index is 957. The molecule has 2 N–H and O–H groups in total. The van der Waals surface area contributed by atoms with Crippen LogP contribution < -0.4 is 10.1 Å². The molecule has 0 spiro atoms. The van der Waals surface area contributed by atoms with E-state index < -0.39 is 18.4 Å². The number of hydrogen-bond acceptors (Lipinski definition) is 2. The van der Waals surface area contributed by atoms with E-state index in [2.05, 4.69) is 19.8 Å². The molecule has 1 aliphatic rings. The maximum Gasteiger partial charge on any atom is 0.302 e. The van der Waals surface area contributed by atoms with Crippen LogP contribution in [-0.4, -0.2) is 58.4 Å². The number of aromatic amines is 2. The highest BCUT2D eigenvalue weighted by atomic mass is 16.2. The van der Waals surface area contributed by atoms with Crippen molar-refractivity contribution < 1.29 is 8.91 Å². The SMILES string of the molecule is [2H]c1nc2[nH]ccc2c(=[N+](C)[C@@H]2[C@H](C)CCN(C(=O)C[N+]#[C-])C2([2H])[2H])[nH]1. The van der Waals surface area contributed by atoms with Gasteiger partial charge in [-0.05, 0) is 18.4 Å². The average molecular weight is 316 g/mol. The van der Waals surface area contributed by atoms with Crippen molar-refractivity contribution in [3.8, 4) is 0 Å². The van der Waals surface area contributed by atoms with Crippen molar-refractivity contribution in [1.29, 1.82) is 0 Å². The number of likely N-dealkylation sites (N-methyl/N-ethyl adjacent to an activating group) is 1. The third-order valence-electron chi connectivity index (χ3n) is 4.24. The molecule has 7 nitrogen and oxygen atoms in total. The van der Waals surface area contributed by atoms with Crippen molar-refractivity contribution in [2.75, 3.05) is 26.6 Å². The van der Waals surface area contributed by atoms with E-state index in [4.69, 9.17) is 10.7 Å². The van der Waals surface area contributed by atoms with Crippen molar-refractivity contribution in [1.82, 2.24) is 24.4 Å². The molecule has 120 valence electrons. The average Bonchev–Trinajstić information content (AvgIpc) is 3.01. The van der Waals surface area contributed by atoms with Gasteiger partial charge in [-0.2, -0.15) is 4.98 Å². The summed E-state index contributed by atoms with van der Waals surface area (Å²) in [5, 5.41) is 0.746. The van der Waals surface area contributed by atoms with Crippen LogP contribution in [0.2, 0.25) is 0 Å². The van der Waals surface area contributed by atoms with E-state index in [0.29, 0.717) is 17.6 Å². The van der Waals surface area contributed by atoms with Crippen LogP contribution in [0.4, 0.5) is 0 Å². The summed E-state index contributed by atoms with van der Waals surface area (Å²) in [6.45, 7) is 6.83. The fourth-order valence-corrected chi connectivity index (χ4v) is 2.93. The van der Waals surface area contributed by atoms with Crippen molar-refractivity contribution in [2.45, 2.75) is 19.4 Å². The Morgan fingerprint density at radius 3 is 3.30 bits per heavy atom. The largest absolute Gasteiger partial charge is 0.346 e. The number of H-pyrrole nitrogens is 2. The van der Waals surface area contributed by atoms with Crippen LogP contribution in [0, 0.1) is 12.5 Å². The molecule has 2 aromatic heterocycles. The lowest BCUT2D eigenvalue weighted by Crippen LogP contribution is -2.54. The van der Waals surface area contributed by atoms with Gasteiger partial charge in [-0.25, -0.2) is 11.6 Å². The molecule has 0 aromatic carbocycles. The van der Waals surface area contributed by atoms with Crippen molar-refractivity contribution in [3.63, 3.8) is 0 Å². The quantitative estimate of drug-likeness (QED) is 0.624. The number of nitrogens with zero attached hydrogens (tertiary/aromatic N) is 4. The number of carbonyl (C=O) groups excluding carboxylic acids is 1. The lowest BCUT2D eigenvalue weighted by atomic mass is 9.93. The summed E-state index contributed by atoms with van der Waals surface area (Å²) in [6, 6.07) is 1.18. The van der Waals surface area contributed by atoms with E-state index in [9.17, 15) is 4.79 Å². The normalized spacial score (nSPS) is 26.8. The van der Waals surface area contributed by atoms with Gasteiger partial charge in [0, 0.05) is 12.7 Å². The van der Waals surface area contributed by atoms with E-state index in [-0.39, 0.29) is 25.3 Å². The zero-order valence-electron chi connectivity index (χ0n) is 16.1. The van der Waals surface area contributed by atoms with Gasteiger partial charge >= 0.3 is 5.91 Å². The zero-order chi connectivity index (χ0) is 19.1. The molecule has 0 aliphatic carbocycles. The molecular weight excluding hydrogens is 292 g/mol. The van der Waals surface area contributed by atoms with Crippen LogP contribution >= 0.6 is 0 Å². The first-order chi connectivity index (χ1) is 12.3. The van der Waals surface area contributed by atoms with Crippen LogP contribution in [0.5, 0.6) is 0 Å². The van der Waals surface area contributed by atoms with E-state index in [1.165, 1.54) is 4.90 Å². The smallest absolute Gasteiger partial charge is 0.302 e. The number of likely N-dealkylation sites (tertiary alicyclic amines) is 1. The molecule has 3 heterocycles. The van der Waals surface area contributed by atoms with Gasteiger partial charge in [-0.15, -0.1) is 0 Å². The maximum atomic E-state index is 12.3. The second kappa shape index (κ2) is 6.24. The van der Waals surface area contributed by atoms with Crippen molar-refractivity contribution >= 4 is 16.9 Å². The number of hydrogen-bond donors (Lipinski definition) is 2. The minimum Gasteiger partial charge on any atom is -0.346 e. The van der Waals surface area contributed by atoms with E-state index in [1.807, 2.05) is 13.0 Å². The lowest BCUT2D eigenvalue weighted by Gasteiger charge is -2.35. The van der Waals surface area contributed by atoms with Gasteiger partial charge in [0.2, 0.25) is 0 Å². The van der Waals surface area contributed by atoms with Crippen molar-refractivity contribution in [2.24, 2.45) is 5.92 Å².